The highest BCUT2D eigenvalue weighted by molar-refractivity contribution is 6.09. The Morgan fingerprint density at radius 1 is 0.636 bits per heavy atom. The van der Waals surface area contributed by atoms with Gasteiger partial charge in [0.1, 0.15) is 0 Å². The van der Waals surface area contributed by atoms with Gasteiger partial charge in [-0.2, -0.15) is 13.2 Å². The molecule has 6 nitrogen and oxygen atoms in total. The van der Waals surface area contributed by atoms with Crippen LogP contribution in [0.3, 0.4) is 0 Å². The maximum absolute atomic E-state index is 13.2. The standard InChI is InChI=1S/C35H25F3N2O4/c36-35(37,38)26-18-16-24(17-19-26)28-8-1-3-10-30(28)33(42)40-27-7-5-6-25(20-27)32(41)39-21-22-12-14-23(15-13-22)29-9-2-4-11-31(29)34(43)44/h1-20H,21H2,(H,39,41)(H,40,42)(H,43,44). The van der Waals surface area contributed by atoms with Crippen LogP contribution >= 0.6 is 0 Å². The van der Waals surface area contributed by atoms with Crippen molar-refractivity contribution in [2.45, 2.75) is 12.7 Å². The summed E-state index contributed by atoms with van der Waals surface area (Å²) in [4.78, 5) is 37.6. The molecule has 0 saturated carbocycles. The summed E-state index contributed by atoms with van der Waals surface area (Å²) >= 11 is 0. The lowest BCUT2D eigenvalue weighted by molar-refractivity contribution is -0.137. The Morgan fingerprint density at radius 3 is 1.82 bits per heavy atom. The van der Waals surface area contributed by atoms with Crippen molar-refractivity contribution in [3.05, 3.63) is 149 Å². The number of carbonyl (C=O) groups is 3. The second kappa shape index (κ2) is 12.7. The number of alkyl halides is 3. The van der Waals surface area contributed by atoms with Crippen LogP contribution in [0.1, 0.15) is 42.2 Å². The van der Waals surface area contributed by atoms with E-state index in [1.807, 2.05) is 0 Å². The molecule has 9 heteroatoms. The molecule has 0 fully saturated rings. The zero-order valence-electron chi connectivity index (χ0n) is 23.1. The van der Waals surface area contributed by atoms with Gasteiger partial charge in [0.15, 0.2) is 0 Å². The Kier molecular flexibility index (Phi) is 8.57. The lowest BCUT2D eigenvalue weighted by atomic mass is 9.98. The van der Waals surface area contributed by atoms with Crippen molar-refractivity contribution in [2.24, 2.45) is 0 Å². The molecular weight excluding hydrogens is 569 g/mol. The highest BCUT2D eigenvalue weighted by Gasteiger charge is 2.30. The number of aromatic carboxylic acids is 1. The smallest absolute Gasteiger partial charge is 0.416 e. The fourth-order valence-corrected chi connectivity index (χ4v) is 4.72. The van der Waals surface area contributed by atoms with Gasteiger partial charge in [0, 0.05) is 23.4 Å². The summed E-state index contributed by atoms with van der Waals surface area (Å²) in [7, 11) is 0. The van der Waals surface area contributed by atoms with Gasteiger partial charge in [-0.1, -0.05) is 78.9 Å². The van der Waals surface area contributed by atoms with Gasteiger partial charge in [0.2, 0.25) is 0 Å². The molecule has 0 aromatic heterocycles. The number of benzene rings is 5. The summed E-state index contributed by atoms with van der Waals surface area (Å²) in [5, 5.41) is 15.1. The maximum atomic E-state index is 13.2. The molecule has 2 amide bonds. The zero-order valence-corrected chi connectivity index (χ0v) is 23.1. The van der Waals surface area contributed by atoms with E-state index in [1.54, 1.807) is 91.0 Å². The van der Waals surface area contributed by atoms with Crippen LogP contribution in [-0.4, -0.2) is 22.9 Å². The highest BCUT2D eigenvalue weighted by atomic mass is 19.4. The highest BCUT2D eigenvalue weighted by Crippen LogP contribution is 2.32. The summed E-state index contributed by atoms with van der Waals surface area (Å²) in [6, 6.07) is 31.5. The number of halogens is 3. The molecule has 0 radical (unpaired) electrons. The molecule has 0 bridgehead atoms. The number of hydrogen-bond donors (Lipinski definition) is 3. The van der Waals surface area contributed by atoms with Gasteiger partial charge < -0.3 is 15.7 Å². The first-order valence-corrected chi connectivity index (χ1v) is 13.5. The number of amides is 2. The Balaban J connectivity index is 1.25. The van der Waals surface area contributed by atoms with Gasteiger partial charge in [-0.3, -0.25) is 9.59 Å². The van der Waals surface area contributed by atoms with E-state index < -0.39 is 23.6 Å². The second-order valence-corrected chi connectivity index (χ2v) is 9.89. The number of carboxylic acid groups (broad SMARTS) is 1. The van der Waals surface area contributed by atoms with Gasteiger partial charge in [-0.05, 0) is 70.3 Å². The van der Waals surface area contributed by atoms with E-state index in [0.29, 0.717) is 27.9 Å². The third-order valence-corrected chi connectivity index (χ3v) is 6.95. The molecule has 3 N–H and O–H groups in total. The molecule has 0 heterocycles. The molecule has 0 aliphatic rings. The summed E-state index contributed by atoms with van der Waals surface area (Å²) in [6.45, 7) is 0.219. The van der Waals surface area contributed by atoms with Gasteiger partial charge in [0.05, 0.1) is 11.1 Å². The molecule has 0 spiro atoms. The van der Waals surface area contributed by atoms with Crippen molar-refractivity contribution in [3.63, 3.8) is 0 Å². The van der Waals surface area contributed by atoms with Crippen LogP contribution in [0.15, 0.2) is 121 Å². The quantitative estimate of drug-likeness (QED) is 0.170. The predicted octanol–water partition coefficient (Wildman–Crippen LogP) is 7.92. The first kappa shape index (κ1) is 29.8. The van der Waals surface area contributed by atoms with Crippen LogP contribution in [0.5, 0.6) is 0 Å². The Morgan fingerprint density at radius 2 is 1.20 bits per heavy atom. The maximum Gasteiger partial charge on any atom is 0.416 e. The fourth-order valence-electron chi connectivity index (χ4n) is 4.72. The van der Waals surface area contributed by atoms with Crippen molar-refractivity contribution >= 4 is 23.5 Å². The molecule has 0 unspecified atom stereocenters. The summed E-state index contributed by atoms with van der Waals surface area (Å²) in [5.41, 5.74) is 3.41. The average Bonchev–Trinajstić information content (AvgIpc) is 3.03. The summed E-state index contributed by atoms with van der Waals surface area (Å²) < 4.78 is 39.0. The minimum absolute atomic E-state index is 0.198. The van der Waals surface area contributed by atoms with Gasteiger partial charge in [-0.15, -0.1) is 0 Å². The number of rotatable bonds is 8. The fraction of sp³-hybridized carbons (Fsp3) is 0.0571. The monoisotopic (exact) mass is 594 g/mol. The molecule has 0 aliphatic heterocycles. The van der Waals surface area contributed by atoms with Crippen molar-refractivity contribution in [1.82, 2.24) is 5.32 Å². The average molecular weight is 595 g/mol. The largest absolute Gasteiger partial charge is 0.478 e. The lowest BCUT2D eigenvalue weighted by Crippen LogP contribution is -2.23. The lowest BCUT2D eigenvalue weighted by Gasteiger charge is -2.13. The number of hydrogen-bond acceptors (Lipinski definition) is 3. The molecule has 0 saturated heterocycles. The molecule has 0 aliphatic carbocycles. The van der Waals surface area contributed by atoms with Crippen molar-refractivity contribution in [3.8, 4) is 22.3 Å². The Bertz CT molecular complexity index is 1830. The SMILES string of the molecule is O=C(NCc1ccc(-c2ccccc2C(=O)O)cc1)c1cccc(NC(=O)c2ccccc2-c2ccc(C(F)(F)F)cc2)c1. The number of carboxylic acids is 1. The molecule has 44 heavy (non-hydrogen) atoms. The van der Waals surface area contributed by atoms with Gasteiger partial charge in [-0.25, -0.2) is 4.79 Å². The van der Waals surface area contributed by atoms with E-state index in [-0.39, 0.29) is 23.6 Å². The number of nitrogens with one attached hydrogen (secondary N) is 2. The normalized spacial score (nSPS) is 11.1. The third-order valence-electron chi connectivity index (χ3n) is 6.95. The molecule has 5 aromatic rings. The van der Waals surface area contributed by atoms with Gasteiger partial charge in [0.25, 0.3) is 11.8 Å². The summed E-state index contributed by atoms with van der Waals surface area (Å²) in [5.74, 6) is -1.87. The van der Waals surface area contributed by atoms with Crippen molar-refractivity contribution < 1.29 is 32.7 Å². The summed E-state index contributed by atoms with van der Waals surface area (Å²) in [6.07, 6.45) is -4.46. The Labute approximate surface area is 250 Å². The minimum atomic E-state index is -4.46. The first-order chi connectivity index (χ1) is 21.1. The first-order valence-electron chi connectivity index (χ1n) is 13.5. The van der Waals surface area contributed by atoms with Crippen LogP contribution < -0.4 is 10.6 Å². The van der Waals surface area contributed by atoms with E-state index in [4.69, 9.17) is 0 Å². The van der Waals surface area contributed by atoms with E-state index >= 15 is 0 Å². The van der Waals surface area contributed by atoms with Crippen LogP contribution in [0.4, 0.5) is 18.9 Å². The van der Waals surface area contributed by atoms with Crippen LogP contribution in [0.2, 0.25) is 0 Å². The van der Waals surface area contributed by atoms with Gasteiger partial charge >= 0.3 is 12.1 Å². The van der Waals surface area contributed by atoms with E-state index in [2.05, 4.69) is 10.6 Å². The molecule has 5 rings (SSSR count). The number of carbonyl (C=O) groups excluding carboxylic acids is 2. The van der Waals surface area contributed by atoms with E-state index in [1.165, 1.54) is 18.2 Å². The number of anilines is 1. The minimum Gasteiger partial charge on any atom is -0.478 e. The predicted molar refractivity (Wildman–Crippen MR) is 161 cm³/mol. The Hall–Kier alpha value is -5.70. The zero-order chi connectivity index (χ0) is 31.3. The molecule has 5 aromatic carbocycles. The van der Waals surface area contributed by atoms with Crippen molar-refractivity contribution in [2.75, 3.05) is 5.32 Å². The van der Waals surface area contributed by atoms with Crippen molar-refractivity contribution in [1.29, 1.82) is 0 Å². The third kappa shape index (κ3) is 6.84. The van der Waals surface area contributed by atoms with Crippen LogP contribution in [-0.2, 0) is 12.7 Å². The molecule has 0 atom stereocenters. The van der Waals surface area contributed by atoms with Crippen LogP contribution in [0.25, 0.3) is 22.3 Å². The topological polar surface area (TPSA) is 95.5 Å². The molecular formula is C35H25F3N2O4. The van der Waals surface area contributed by atoms with E-state index in [9.17, 15) is 32.7 Å². The molecule has 220 valence electrons. The van der Waals surface area contributed by atoms with E-state index in [0.717, 1.165) is 23.3 Å². The van der Waals surface area contributed by atoms with Crippen LogP contribution in [0, 0.1) is 0 Å². The second-order valence-electron chi connectivity index (χ2n) is 9.89.